The number of nitrogens with zero attached hydrogens (tertiary/aromatic N) is 1. The summed E-state index contributed by atoms with van der Waals surface area (Å²) < 4.78 is 23.3. The van der Waals surface area contributed by atoms with Gasteiger partial charge in [-0.1, -0.05) is 57.2 Å². The highest BCUT2D eigenvalue weighted by atomic mass is 16.6. The summed E-state index contributed by atoms with van der Waals surface area (Å²) in [6.07, 6.45) is 3.22. The maximum Gasteiger partial charge on any atom is 0.330 e. The predicted octanol–water partition coefficient (Wildman–Crippen LogP) is 7.89. The van der Waals surface area contributed by atoms with Gasteiger partial charge in [0.05, 0.1) is 43.5 Å². The van der Waals surface area contributed by atoms with Gasteiger partial charge in [0.15, 0.2) is 0 Å². The number of aromatic nitrogens is 1. The highest BCUT2D eigenvalue weighted by molar-refractivity contribution is 5.89. The van der Waals surface area contributed by atoms with E-state index in [9.17, 15) is 14.4 Å². The lowest BCUT2D eigenvalue weighted by atomic mass is 9.84. The Bertz CT molecular complexity index is 1570. The molecule has 4 unspecified atom stereocenters. The third kappa shape index (κ3) is 10.6. The van der Waals surface area contributed by atoms with Crippen molar-refractivity contribution in [1.29, 1.82) is 0 Å². The molecule has 1 aromatic heterocycles. The lowest BCUT2D eigenvalue weighted by Gasteiger charge is -2.30. The summed E-state index contributed by atoms with van der Waals surface area (Å²) in [5.74, 6) is -0.704. The van der Waals surface area contributed by atoms with Crippen LogP contribution in [-0.2, 0) is 23.9 Å². The number of benzene rings is 2. The smallest absolute Gasteiger partial charge is 0.330 e. The summed E-state index contributed by atoms with van der Waals surface area (Å²) in [5.41, 5.74) is 0.537. The molecular formula is C40H54N2O7. The second-order valence-corrected chi connectivity index (χ2v) is 13.3. The van der Waals surface area contributed by atoms with E-state index < -0.39 is 28.9 Å². The van der Waals surface area contributed by atoms with E-state index >= 15 is 0 Å². The van der Waals surface area contributed by atoms with Gasteiger partial charge in [-0.2, -0.15) is 0 Å². The fraction of sp³-hybridized carbons (Fsp3) is 0.500. The molecule has 0 saturated carbocycles. The molecule has 49 heavy (non-hydrogen) atoms. The van der Waals surface area contributed by atoms with Crippen LogP contribution in [-0.4, -0.2) is 60.2 Å². The lowest BCUT2D eigenvalue weighted by molar-refractivity contribution is -0.161. The number of rotatable bonds is 19. The number of esters is 2. The van der Waals surface area contributed by atoms with Crippen molar-refractivity contribution < 1.29 is 33.3 Å². The summed E-state index contributed by atoms with van der Waals surface area (Å²) in [5, 5.41) is 3.96. The number of methoxy groups -OCH3 is 1. The number of carbonyl (C=O) groups excluding carboxylic acids is 3. The molecule has 1 heterocycles. The lowest BCUT2D eigenvalue weighted by Crippen LogP contribution is -2.53. The molecule has 0 bridgehead atoms. The van der Waals surface area contributed by atoms with Crippen LogP contribution in [0.4, 0.5) is 0 Å². The second kappa shape index (κ2) is 18.0. The van der Waals surface area contributed by atoms with E-state index in [2.05, 4.69) is 11.9 Å². The van der Waals surface area contributed by atoms with Crippen molar-refractivity contribution in [3.63, 3.8) is 0 Å². The molecule has 9 nitrogen and oxygen atoms in total. The van der Waals surface area contributed by atoms with Crippen LogP contribution in [0.15, 0.2) is 67.3 Å². The van der Waals surface area contributed by atoms with Crippen molar-refractivity contribution >= 4 is 28.6 Å². The average molecular weight is 675 g/mol. The molecule has 4 atom stereocenters. The fourth-order valence-corrected chi connectivity index (χ4v) is 5.76. The summed E-state index contributed by atoms with van der Waals surface area (Å²) >= 11 is 0. The van der Waals surface area contributed by atoms with Crippen molar-refractivity contribution in [2.24, 2.45) is 11.8 Å². The number of nitrogens with one attached hydrogen (secondary N) is 1. The minimum atomic E-state index is -1.21. The maximum atomic E-state index is 14.1. The second-order valence-electron chi connectivity index (χ2n) is 13.3. The fourth-order valence-electron chi connectivity index (χ4n) is 5.76. The summed E-state index contributed by atoms with van der Waals surface area (Å²) in [6, 6.07) is 17.5. The minimum Gasteiger partial charge on any atom is -0.497 e. The topological polar surface area (TPSA) is 113 Å². The van der Waals surface area contributed by atoms with Gasteiger partial charge in [0, 0.05) is 29.0 Å². The first-order valence-corrected chi connectivity index (χ1v) is 17.4. The zero-order valence-electron chi connectivity index (χ0n) is 30.5. The van der Waals surface area contributed by atoms with Gasteiger partial charge in [-0.05, 0) is 71.9 Å². The highest BCUT2D eigenvalue weighted by Gasteiger charge is 2.37. The summed E-state index contributed by atoms with van der Waals surface area (Å²) in [4.78, 5) is 45.2. The van der Waals surface area contributed by atoms with E-state index in [0.29, 0.717) is 37.2 Å². The van der Waals surface area contributed by atoms with E-state index in [-0.39, 0.29) is 37.4 Å². The first-order chi connectivity index (χ1) is 23.3. The van der Waals surface area contributed by atoms with Gasteiger partial charge in [0.1, 0.15) is 28.4 Å². The van der Waals surface area contributed by atoms with Crippen LogP contribution in [0.3, 0.4) is 0 Å². The van der Waals surface area contributed by atoms with E-state index in [4.69, 9.17) is 23.9 Å². The molecule has 0 amide bonds. The summed E-state index contributed by atoms with van der Waals surface area (Å²) in [6.45, 7) is 17.0. The van der Waals surface area contributed by atoms with Gasteiger partial charge in [-0.15, -0.1) is 6.58 Å². The highest BCUT2D eigenvalue weighted by Crippen LogP contribution is 2.34. The van der Waals surface area contributed by atoms with Crippen LogP contribution in [0, 0.1) is 11.8 Å². The zero-order valence-corrected chi connectivity index (χ0v) is 30.5. The Morgan fingerprint density at radius 2 is 1.65 bits per heavy atom. The molecule has 0 saturated heterocycles. The first-order valence-electron chi connectivity index (χ1n) is 17.4. The monoisotopic (exact) mass is 674 g/mol. The number of fused-ring (bicyclic) bond motifs is 1. The van der Waals surface area contributed by atoms with Crippen LogP contribution in [0.1, 0.15) is 80.6 Å². The van der Waals surface area contributed by atoms with E-state index in [1.54, 1.807) is 14.0 Å². The molecule has 0 radical (unpaired) electrons. The Morgan fingerprint density at radius 3 is 2.22 bits per heavy atom. The van der Waals surface area contributed by atoms with Gasteiger partial charge in [-0.3, -0.25) is 14.9 Å². The SMILES string of the molecule is C=CC(CC)(NCC(=O)C(CC(CC)Oc1cc(-c2ccccc2)nc2cc(OC)ccc12)CC(CC)C(=O)OC(C)(C)C)C(=O)OCC. The number of ether oxygens (including phenoxy) is 4. The number of carbonyl (C=O) groups is 3. The first kappa shape index (κ1) is 39.2. The quantitative estimate of drug-likeness (QED) is 0.100. The zero-order chi connectivity index (χ0) is 36.2. The van der Waals surface area contributed by atoms with Crippen LogP contribution in [0.5, 0.6) is 11.5 Å². The van der Waals surface area contributed by atoms with Crippen molar-refractivity contribution in [3.8, 4) is 22.8 Å². The minimum absolute atomic E-state index is 0.110. The molecule has 1 N–H and O–H groups in total. The number of pyridine rings is 1. The molecule has 0 spiro atoms. The van der Waals surface area contributed by atoms with E-state index in [1.807, 2.05) is 96.1 Å². The van der Waals surface area contributed by atoms with Crippen LogP contribution >= 0.6 is 0 Å². The Balaban J connectivity index is 1.99. The Labute approximate surface area is 291 Å². The molecule has 2 aromatic carbocycles. The largest absolute Gasteiger partial charge is 0.497 e. The van der Waals surface area contributed by atoms with Crippen molar-refractivity contribution in [3.05, 3.63) is 67.3 Å². The molecule has 266 valence electrons. The third-order valence-electron chi connectivity index (χ3n) is 8.73. The molecule has 3 rings (SSSR count). The Morgan fingerprint density at radius 1 is 0.939 bits per heavy atom. The van der Waals surface area contributed by atoms with Crippen LogP contribution in [0.25, 0.3) is 22.2 Å². The predicted molar refractivity (Wildman–Crippen MR) is 194 cm³/mol. The van der Waals surface area contributed by atoms with Gasteiger partial charge >= 0.3 is 11.9 Å². The Hall–Kier alpha value is -4.24. The molecule has 0 fully saturated rings. The standard InChI is InChI=1S/C40H54N2O7/c1-10-27(37(44)49-39(6,7)8)22-29(35(43)26-41-40(12-3,13-4)38(45)47-14-5)23-30(11-2)48-36-25-33(28-18-16-15-17-19-28)42-34-24-31(46-9)20-21-32(34)36/h12,15-21,24-25,27,29-30,41H,3,10-11,13-14,22-23,26H2,1-2,4-9H3. The molecule has 0 aliphatic carbocycles. The van der Waals surface area contributed by atoms with Crippen molar-refractivity contribution in [2.45, 2.75) is 97.8 Å². The maximum absolute atomic E-state index is 14.1. The molecule has 3 aromatic rings. The molecular weight excluding hydrogens is 620 g/mol. The number of ketones is 1. The average Bonchev–Trinajstić information content (AvgIpc) is 3.09. The van der Waals surface area contributed by atoms with Gasteiger partial charge in [0.2, 0.25) is 0 Å². The molecule has 9 heteroatoms. The van der Waals surface area contributed by atoms with Crippen LogP contribution in [0.2, 0.25) is 0 Å². The number of hydrogen-bond donors (Lipinski definition) is 1. The van der Waals surface area contributed by atoms with Gasteiger partial charge < -0.3 is 18.9 Å². The van der Waals surface area contributed by atoms with Gasteiger partial charge in [0.25, 0.3) is 0 Å². The normalized spacial score (nSPS) is 14.6. The van der Waals surface area contributed by atoms with Crippen molar-refractivity contribution in [1.82, 2.24) is 10.3 Å². The summed E-state index contributed by atoms with van der Waals surface area (Å²) in [7, 11) is 1.62. The van der Waals surface area contributed by atoms with E-state index in [0.717, 1.165) is 22.2 Å². The van der Waals surface area contributed by atoms with Crippen molar-refractivity contribution in [2.75, 3.05) is 20.3 Å². The van der Waals surface area contributed by atoms with E-state index in [1.165, 1.54) is 6.08 Å². The number of hydrogen-bond acceptors (Lipinski definition) is 9. The van der Waals surface area contributed by atoms with Gasteiger partial charge in [-0.25, -0.2) is 9.78 Å². The van der Waals surface area contributed by atoms with Crippen LogP contribution < -0.4 is 14.8 Å². The number of Topliss-reactive ketones (excluding diaryl/α,β-unsaturated/α-hetero) is 1. The Kier molecular flexibility index (Phi) is 14.4. The molecule has 0 aliphatic rings. The molecule has 0 aliphatic heterocycles. The third-order valence-corrected chi connectivity index (χ3v) is 8.73.